The van der Waals surface area contributed by atoms with E-state index in [1.54, 1.807) is 31.2 Å². The van der Waals surface area contributed by atoms with Crippen LogP contribution in [0.2, 0.25) is 0 Å². The number of rotatable bonds is 8. The maximum absolute atomic E-state index is 12.9. The third-order valence-corrected chi connectivity index (χ3v) is 5.79. The van der Waals surface area contributed by atoms with E-state index in [9.17, 15) is 24.5 Å². The van der Waals surface area contributed by atoms with Crippen LogP contribution in [0.5, 0.6) is 11.5 Å². The fraction of sp³-hybridized carbons (Fsp3) is 0.125. The summed E-state index contributed by atoms with van der Waals surface area (Å²) in [5.74, 6) is -0.802. The number of thioether (sulfide) groups is 1. The Labute approximate surface area is 203 Å². The van der Waals surface area contributed by atoms with Crippen LogP contribution in [0.3, 0.4) is 0 Å². The van der Waals surface area contributed by atoms with E-state index < -0.39 is 22.0 Å². The van der Waals surface area contributed by atoms with E-state index in [-0.39, 0.29) is 40.0 Å². The summed E-state index contributed by atoms with van der Waals surface area (Å²) in [6.07, 6.45) is 2.86. The van der Waals surface area contributed by atoms with Crippen molar-refractivity contribution in [1.29, 1.82) is 0 Å². The molecular formula is C24H18N2O8S. The number of nitro benzene ring substituents is 1. The van der Waals surface area contributed by atoms with E-state index in [1.165, 1.54) is 42.7 Å². The maximum atomic E-state index is 12.9. The van der Waals surface area contributed by atoms with Gasteiger partial charge in [0.05, 0.1) is 29.2 Å². The zero-order valence-electron chi connectivity index (χ0n) is 18.3. The zero-order chi connectivity index (χ0) is 24.9. The Morgan fingerprint density at radius 2 is 1.94 bits per heavy atom. The molecule has 35 heavy (non-hydrogen) atoms. The summed E-state index contributed by atoms with van der Waals surface area (Å²) in [4.78, 5) is 49.4. The topological polar surface area (TPSA) is 129 Å². The third kappa shape index (κ3) is 5.25. The Balaban J connectivity index is 1.55. The fourth-order valence-corrected chi connectivity index (χ4v) is 4.13. The predicted octanol–water partition coefficient (Wildman–Crippen LogP) is 5.04. The molecule has 10 nitrogen and oxygen atoms in total. The van der Waals surface area contributed by atoms with Crippen molar-refractivity contribution in [2.75, 3.05) is 6.61 Å². The van der Waals surface area contributed by atoms with E-state index in [1.807, 2.05) is 0 Å². The average Bonchev–Trinajstić information content (AvgIpc) is 3.46. The number of imide groups is 1. The van der Waals surface area contributed by atoms with Gasteiger partial charge in [-0.2, -0.15) is 0 Å². The van der Waals surface area contributed by atoms with Crippen LogP contribution in [0.25, 0.3) is 6.08 Å². The number of ether oxygens (including phenoxy) is 2. The first-order valence-corrected chi connectivity index (χ1v) is 11.2. The van der Waals surface area contributed by atoms with Crippen LogP contribution in [0.15, 0.2) is 70.2 Å². The lowest BCUT2D eigenvalue weighted by Gasteiger charge is -2.12. The lowest BCUT2D eigenvalue weighted by atomic mass is 10.1. The Kier molecular flexibility index (Phi) is 6.97. The molecule has 0 spiro atoms. The van der Waals surface area contributed by atoms with Gasteiger partial charge in [-0.05, 0) is 54.6 Å². The van der Waals surface area contributed by atoms with Crippen molar-refractivity contribution < 1.29 is 33.2 Å². The van der Waals surface area contributed by atoms with Gasteiger partial charge in [0, 0.05) is 11.6 Å². The van der Waals surface area contributed by atoms with Gasteiger partial charge in [0.15, 0.2) is 11.5 Å². The van der Waals surface area contributed by atoms with Crippen LogP contribution < -0.4 is 9.47 Å². The lowest BCUT2D eigenvalue weighted by molar-refractivity contribution is -0.385. The number of esters is 1. The van der Waals surface area contributed by atoms with Gasteiger partial charge in [-0.1, -0.05) is 24.3 Å². The number of amides is 2. The number of benzene rings is 2. The summed E-state index contributed by atoms with van der Waals surface area (Å²) in [6, 6.07) is 13.7. The second-order valence-electron chi connectivity index (χ2n) is 7.16. The molecule has 178 valence electrons. The summed E-state index contributed by atoms with van der Waals surface area (Å²) in [5.41, 5.74) is 0.612. The number of carbonyl (C=O) groups excluding carboxylic acids is 3. The molecule has 4 rings (SSSR count). The monoisotopic (exact) mass is 494 g/mol. The second kappa shape index (κ2) is 10.3. The highest BCUT2D eigenvalue weighted by Gasteiger charge is 2.36. The molecule has 2 amide bonds. The van der Waals surface area contributed by atoms with Crippen molar-refractivity contribution >= 4 is 40.6 Å². The molecule has 1 saturated heterocycles. The fourth-order valence-electron chi connectivity index (χ4n) is 3.29. The lowest BCUT2D eigenvalue weighted by Crippen LogP contribution is -2.27. The summed E-state index contributed by atoms with van der Waals surface area (Å²) in [5, 5.41) is 10.7. The number of furan rings is 1. The van der Waals surface area contributed by atoms with Crippen molar-refractivity contribution in [2.24, 2.45) is 0 Å². The number of hydrogen-bond donors (Lipinski definition) is 0. The summed E-state index contributed by atoms with van der Waals surface area (Å²) >= 11 is 0.733. The molecule has 0 atom stereocenters. The van der Waals surface area contributed by atoms with Gasteiger partial charge in [-0.25, -0.2) is 4.79 Å². The summed E-state index contributed by atoms with van der Waals surface area (Å²) in [6.45, 7) is 1.84. The van der Waals surface area contributed by atoms with Gasteiger partial charge in [0.1, 0.15) is 0 Å². The van der Waals surface area contributed by atoms with Crippen molar-refractivity contribution in [1.82, 2.24) is 4.90 Å². The van der Waals surface area contributed by atoms with Gasteiger partial charge in [0.25, 0.3) is 16.8 Å². The van der Waals surface area contributed by atoms with E-state index in [2.05, 4.69) is 0 Å². The molecule has 2 heterocycles. The SMILES string of the molecule is CCOc1cc(/C=C2\SC(=O)N(Cc3ccccc3[N+](=O)[O-])C2=O)ccc1OC(=O)c1ccco1. The standard InChI is InChI=1S/C24H18N2O8S/c1-2-32-20-12-15(9-10-18(20)34-23(28)19-8-5-11-33-19)13-21-22(27)25(24(29)35-21)14-16-6-3-4-7-17(16)26(30)31/h3-13H,2,14H2,1H3/b21-13-. The molecule has 0 radical (unpaired) electrons. The van der Waals surface area contributed by atoms with Crippen molar-refractivity contribution in [2.45, 2.75) is 13.5 Å². The minimum absolute atomic E-state index is 0.0313. The maximum Gasteiger partial charge on any atom is 0.379 e. The molecule has 0 aliphatic carbocycles. The smallest absolute Gasteiger partial charge is 0.379 e. The van der Waals surface area contributed by atoms with Crippen LogP contribution in [-0.4, -0.2) is 33.5 Å². The van der Waals surface area contributed by atoms with E-state index in [4.69, 9.17) is 13.9 Å². The molecule has 1 aromatic heterocycles. The highest BCUT2D eigenvalue weighted by molar-refractivity contribution is 8.18. The minimum atomic E-state index is -0.695. The van der Waals surface area contributed by atoms with Crippen LogP contribution in [-0.2, 0) is 11.3 Å². The first kappa shape index (κ1) is 23.8. The highest BCUT2D eigenvalue weighted by atomic mass is 32.2. The van der Waals surface area contributed by atoms with E-state index in [0.29, 0.717) is 12.2 Å². The van der Waals surface area contributed by atoms with Crippen LogP contribution in [0, 0.1) is 10.1 Å². The molecule has 0 N–H and O–H groups in total. The number of nitro groups is 1. The Bertz CT molecular complexity index is 1330. The Morgan fingerprint density at radius 3 is 2.66 bits per heavy atom. The van der Waals surface area contributed by atoms with E-state index >= 15 is 0 Å². The second-order valence-corrected chi connectivity index (χ2v) is 8.15. The third-order valence-electron chi connectivity index (χ3n) is 4.88. The number of nitrogens with zero attached hydrogens (tertiary/aromatic N) is 2. The number of hydrogen-bond acceptors (Lipinski definition) is 9. The molecule has 11 heteroatoms. The van der Waals surface area contributed by atoms with Gasteiger partial charge in [0.2, 0.25) is 5.76 Å². The van der Waals surface area contributed by atoms with Crippen molar-refractivity contribution in [3.05, 3.63) is 92.8 Å². The molecular weight excluding hydrogens is 476 g/mol. The molecule has 0 unspecified atom stereocenters. The number of para-hydroxylation sites is 1. The summed E-state index contributed by atoms with van der Waals surface area (Å²) < 4.78 is 16.0. The molecule has 1 aliphatic rings. The molecule has 3 aromatic rings. The van der Waals surface area contributed by atoms with Gasteiger partial charge in [-0.15, -0.1) is 0 Å². The summed E-state index contributed by atoms with van der Waals surface area (Å²) in [7, 11) is 0. The van der Waals surface area contributed by atoms with Gasteiger partial charge < -0.3 is 13.9 Å². The zero-order valence-corrected chi connectivity index (χ0v) is 19.2. The predicted molar refractivity (Wildman–Crippen MR) is 126 cm³/mol. The van der Waals surface area contributed by atoms with Crippen molar-refractivity contribution in [3.63, 3.8) is 0 Å². The average molecular weight is 494 g/mol. The largest absolute Gasteiger partial charge is 0.490 e. The van der Waals surface area contributed by atoms with Gasteiger partial charge in [-0.3, -0.25) is 24.6 Å². The molecule has 1 aliphatic heterocycles. The van der Waals surface area contributed by atoms with Crippen LogP contribution in [0.4, 0.5) is 10.5 Å². The van der Waals surface area contributed by atoms with Crippen molar-refractivity contribution in [3.8, 4) is 11.5 Å². The number of carbonyl (C=O) groups is 3. The molecule has 0 bridgehead atoms. The van der Waals surface area contributed by atoms with Gasteiger partial charge >= 0.3 is 5.97 Å². The molecule has 0 saturated carbocycles. The quantitative estimate of drug-likeness (QED) is 0.139. The highest BCUT2D eigenvalue weighted by Crippen LogP contribution is 2.36. The Morgan fingerprint density at radius 1 is 1.14 bits per heavy atom. The van der Waals surface area contributed by atoms with E-state index in [0.717, 1.165) is 16.7 Å². The normalized spacial score (nSPS) is 14.4. The molecule has 1 fully saturated rings. The van der Waals surface area contributed by atoms with Crippen LogP contribution in [0.1, 0.15) is 28.6 Å². The molecule has 2 aromatic carbocycles. The minimum Gasteiger partial charge on any atom is -0.490 e. The van der Waals surface area contributed by atoms with Crippen LogP contribution >= 0.6 is 11.8 Å². The first-order valence-electron chi connectivity index (χ1n) is 10.4. The first-order chi connectivity index (χ1) is 16.9. The Hall–Kier alpha value is -4.38.